The van der Waals surface area contributed by atoms with E-state index in [1.807, 2.05) is 6.92 Å². The van der Waals surface area contributed by atoms with Crippen LogP contribution in [0, 0.1) is 0 Å². The van der Waals surface area contributed by atoms with Crippen molar-refractivity contribution in [2.24, 2.45) is 0 Å². The van der Waals surface area contributed by atoms with Gasteiger partial charge in [0.05, 0.1) is 11.9 Å². The first-order valence-electron chi connectivity index (χ1n) is 7.86. The summed E-state index contributed by atoms with van der Waals surface area (Å²) in [6, 6.07) is 0.240. The highest BCUT2D eigenvalue weighted by atomic mass is 35.5. The first kappa shape index (κ1) is 16.3. The molecule has 2 heterocycles. The van der Waals surface area contributed by atoms with Crippen LogP contribution < -0.4 is 10.9 Å². The minimum atomic E-state index is -0.214. The molecule has 5 nitrogen and oxygen atoms in total. The van der Waals surface area contributed by atoms with Gasteiger partial charge in [0, 0.05) is 19.1 Å². The summed E-state index contributed by atoms with van der Waals surface area (Å²) in [5.41, 5.74) is 0.423. The van der Waals surface area contributed by atoms with Gasteiger partial charge in [-0.2, -0.15) is 5.10 Å². The molecule has 1 atom stereocenters. The van der Waals surface area contributed by atoms with Crippen molar-refractivity contribution in [2.45, 2.75) is 52.1 Å². The third-order valence-corrected chi connectivity index (χ3v) is 4.17. The fourth-order valence-electron chi connectivity index (χ4n) is 2.78. The highest BCUT2D eigenvalue weighted by Crippen LogP contribution is 2.17. The van der Waals surface area contributed by atoms with Crippen LogP contribution in [0.5, 0.6) is 0 Å². The average Bonchev–Trinajstić information content (AvgIpc) is 2.48. The van der Waals surface area contributed by atoms with Crippen molar-refractivity contribution in [3.63, 3.8) is 0 Å². The van der Waals surface area contributed by atoms with Crippen molar-refractivity contribution in [1.29, 1.82) is 0 Å². The van der Waals surface area contributed by atoms with Crippen LogP contribution in [0.25, 0.3) is 0 Å². The van der Waals surface area contributed by atoms with Crippen LogP contribution in [-0.2, 0) is 6.54 Å². The first-order valence-corrected chi connectivity index (χ1v) is 8.24. The number of anilines is 1. The van der Waals surface area contributed by atoms with Gasteiger partial charge in [0.15, 0.2) is 0 Å². The van der Waals surface area contributed by atoms with Crippen molar-refractivity contribution >= 4 is 17.3 Å². The summed E-state index contributed by atoms with van der Waals surface area (Å²) < 4.78 is 1.42. The number of piperidine rings is 1. The molecule has 0 radical (unpaired) electrons. The Hall–Kier alpha value is -1.07. The Morgan fingerprint density at radius 1 is 1.38 bits per heavy atom. The third-order valence-electron chi connectivity index (χ3n) is 3.80. The predicted octanol–water partition coefficient (Wildman–Crippen LogP) is 2.59. The zero-order chi connectivity index (χ0) is 15.2. The van der Waals surface area contributed by atoms with E-state index in [2.05, 4.69) is 22.2 Å². The molecule has 1 aliphatic heterocycles. The van der Waals surface area contributed by atoms with Gasteiger partial charge in [0.25, 0.3) is 5.56 Å². The van der Waals surface area contributed by atoms with E-state index in [4.69, 9.17) is 11.6 Å². The molecule has 6 heteroatoms. The molecule has 0 aromatic carbocycles. The molecular weight excluding hydrogens is 288 g/mol. The molecule has 1 unspecified atom stereocenters. The number of hydrogen-bond acceptors (Lipinski definition) is 4. The molecule has 0 bridgehead atoms. The van der Waals surface area contributed by atoms with Crippen LogP contribution in [0.2, 0.25) is 5.02 Å². The molecule has 1 fully saturated rings. The van der Waals surface area contributed by atoms with E-state index in [9.17, 15) is 4.79 Å². The summed E-state index contributed by atoms with van der Waals surface area (Å²) in [4.78, 5) is 14.5. The second kappa shape index (κ2) is 7.80. The number of aryl methyl sites for hydroxylation is 1. The second-order valence-electron chi connectivity index (χ2n) is 5.81. The molecule has 1 saturated heterocycles. The van der Waals surface area contributed by atoms with Crippen LogP contribution in [-0.4, -0.2) is 40.4 Å². The third kappa shape index (κ3) is 4.45. The second-order valence-corrected chi connectivity index (χ2v) is 6.19. The number of hydrogen-bond donors (Lipinski definition) is 1. The predicted molar refractivity (Wildman–Crippen MR) is 87.2 cm³/mol. The maximum Gasteiger partial charge on any atom is 0.287 e. The number of rotatable bonds is 6. The first-order chi connectivity index (χ1) is 10.1. The van der Waals surface area contributed by atoms with Crippen LogP contribution in [0.1, 0.15) is 39.5 Å². The Labute approximate surface area is 131 Å². The van der Waals surface area contributed by atoms with Crippen LogP contribution in [0.3, 0.4) is 0 Å². The Balaban J connectivity index is 1.98. The molecule has 0 saturated carbocycles. The zero-order valence-electron chi connectivity index (χ0n) is 12.9. The van der Waals surface area contributed by atoms with E-state index in [0.717, 1.165) is 26.1 Å². The molecule has 118 valence electrons. The molecule has 0 amide bonds. The molecular formula is C15H25ClN4O. The lowest BCUT2D eigenvalue weighted by Gasteiger charge is -2.29. The van der Waals surface area contributed by atoms with Gasteiger partial charge >= 0.3 is 0 Å². The minimum absolute atomic E-state index is 0.214. The summed E-state index contributed by atoms with van der Waals surface area (Å²) >= 11 is 6.17. The Bertz CT molecular complexity index is 511. The lowest BCUT2D eigenvalue weighted by atomic mass is 10.1. The molecule has 2 rings (SSSR count). The maximum atomic E-state index is 12.1. The fraction of sp³-hybridized carbons (Fsp3) is 0.733. The van der Waals surface area contributed by atoms with E-state index in [-0.39, 0.29) is 16.6 Å². The smallest absolute Gasteiger partial charge is 0.287 e. The van der Waals surface area contributed by atoms with Crippen molar-refractivity contribution < 1.29 is 0 Å². The SMILES string of the molecule is CCCn1ncc(NC(C)CN2CCCCC2)c(Cl)c1=O. The number of aromatic nitrogens is 2. The monoisotopic (exact) mass is 312 g/mol. The van der Waals surface area contributed by atoms with Gasteiger partial charge in [0.2, 0.25) is 0 Å². The van der Waals surface area contributed by atoms with Gasteiger partial charge in [-0.3, -0.25) is 4.79 Å². The van der Waals surface area contributed by atoms with E-state index in [1.54, 1.807) is 6.20 Å². The lowest BCUT2D eigenvalue weighted by molar-refractivity contribution is 0.223. The average molecular weight is 313 g/mol. The summed E-state index contributed by atoms with van der Waals surface area (Å²) in [5, 5.41) is 7.73. The molecule has 1 aromatic rings. The van der Waals surface area contributed by atoms with Crippen molar-refractivity contribution in [3.05, 3.63) is 21.6 Å². The van der Waals surface area contributed by atoms with Gasteiger partial charge in [-0.1, -0.05) is 24.9 Å². The fourth-order valence-corrected chi connectivity index (χ4v) is 2.98. The van der Waals surface area contributed by atoms with Crippen LogP contribution >= 0.6 is 11.6 Å². The quantitative estimate of drug-likeness (QED) is 0.877. The van der Waals surface area contributed by atoms with Crippen molar-refractivity contribution in [2.75, 3.05) is 25.0 Å². The Kier molecular flexibility index (Phi) is 6.06. The van der Waals surface area contributed by atoms with E-state index in [0.29, 0.717) is 12.2 Å². The molecule has 0 aliphatic carbocycles. The standard InChI is InChI=1S/C15H25ClN4O/c1-3-7-20-15(21)14(16)13(10-17-20)18-12(2)11-19-8-5-4-6-9-19/h10,12,18H,3-9,11H2,1-2H3. The molecule has 1 aromatic heterocycles. The summed E-state index contributed by atoms with van der Waals surface area (Å²) in [5.74, 6) is 0. The molecule has 1 N–H and O–H groups in total. The van der Waals surface area contributed by atoms with E-state index < -0.39 is 0 Å². The van der Waals surface area contributed by atoms with Crippen molar-refractivity contribution in [3.8, 4) is 0 Å². The number of halogens is 1. The normalized spacial score (nSPS) is 17.7. The van der Waals surface area contributed by atoms with Crippen LogP contribution in [0.4, 0.5) is 5.69 Å². The van der Waals surface area contributed by atoms with Crippen LogP contribution in [0.15, 0.2) is 11.0 Å². The number of nitrogens with zero attached hydrogens (tertiary/aromatic N) is 3. The summed E-state index contributed by atoms with van der Waals surface area (Å²) in [7, 11) is 0. The molecule has 1 aliphatic rings. The van der Waals surface area contributed by atoms with E-state index >= 15 is 0 Å². The summed E-state index contributed by atoms with van der Waals surface area (Å²) in [6.45, 7) is 8.01. The Morgan fingerprint density at radius 2 is 2.10 bits per heavy atom. The zero-order valence-corrected chi connectivity index (χ0v) is 13.7. The van der Waals surface area contributed by atoms with Gasteiger partial charge in [-0.05, 0) is 39.3 Å². The van der Waals surface area contributed by atoms with Gasteiger partial charge in [-0.15, -0.1) is 0 Å². The number of likely N-dealkylation sites (tertiary alicyclic amines) is 1. The van der Waals surface area contributed by atoms with Crippen molar-refractivity contribution in [1.82, 2.24) is 14.7 Å². The molecule has 21 heavy (non-hydrogen) atoms. The number of nitrogens with one attached hydrogen (secondary N) is 1. The van der Waals surface area contributed by atoms with Gasteiger partial charge < -0.3 is 10.2 Å². The van der Waals surface area contributed by atoms with Gasteiger partial charge in [0.1, 0.15) is 5.02 Å². The Morgan fingerprint density at radius 3 is 2.76 bits per heavy atom. The lowest BCUT2D eigenvalue weighted by Crippen LogP contribution is -2.38. The topological polar surface area (TPSA) is 50.2 Å². The van der Waals surface area contributed by atoms with E-state index in [1.165, 1.54) is 23.9 Å². The maximum absolute atomic E-state index is 12.1. The minimum Gasteiger partial charge on any atom is -0.379 e. The van der Waals surface area contributed by atoms with Gasteiger partial charge in [-0.25, -0.2) is 4.68 Å². The summed E-state index contributed by atoms with van der Waals surface area (Å²) in [6.07, 6.45) is 6.42. The molecule has 0 spiro atoms. The highest BCUT2D eigenvalue weighted by molar-refractivity contribution is 6.32. The largest absolute Gasteiger partial charge is 0.379 e. The highest BCUT2D eigenvalue weighted by Gasteiger charge is 2.15.